The van der Waals surface area contributed by atoms with Gasteiger partial charge in [-0.1, -0.05) is 15.9 Å². The molecule has 0 atom stereocenters. The smallest absolute Gasteiger partial charge is 0.273 e. The van der Waals surface area contributed by atoms with Crippen LogP contribution in [0.5, 0.6) is 0 Å². The lowest BCUT2D eigenvalue weighted by molar-refractivity contribution is -0.385. The molecule has 0 saturated carbocycles. The first kappa shape index (κ1) is 12.1. The van der Waals surface area contributed by atoms with Crippen LogP contribution >= 0.6 is 27.5 Å². The molecule has 1 aromatic carbocycles. The van der Waals surface area contributed by atoms with Crippen molar-refractivity contribution in [3.05, 3.63) is 37.8 Å². The predicted octanol–water partition coefficient (Wildman–Crippen LogP) is 3.09. The maximum atomic E-state index is 11.4. The Kier molecular flexibility index (Phi) is 3.82. The summed E-state index contributed by atoms with van der Waals surface area (Å²) >= 11 is 8.59. The molecule has 0 aromatic heterocycles. The van der Waals surface area contributed by atoms with E-state index in [1.54, 1.807) is 0 Å². The summed E-state index contributed by atoms with van der Waals surface area (Å²) in [5.41, 5.74) is 0.533. The van der Waals surface area contributed by atoms with E-state index < -0.39 is 4.92 Å². The Hall–Kier alpha value is -0.940. The molecule has 4 nitrogen and oxygen atoms in total. The van der Waals surface area contributed by atoms with Crippen molar-refractivity contribution in [1.82, 2.24) is 0 Å². The van der Waals surface area contributed by atoms with Crippen molar-refractivity contribution in [2.75, 3.05) is 5.88 Å². The largest absolute Gasteiger partial charge is 0.293 e. The minimum absolute atomic E-state index is 0.0772. The van der Waals surface area contributed by atoms with E-state index in [9.17, 15) is 14.9 Å². The summed E-state index contributed by atoms with van der Waals surface area (Å²) < 4.78 is 0.524. The molecule has 1 rings (SSSR count). The zero-order valence-electron chi connectivity index (χ0n) is 7.79. The Morgan fingerprint density at radius 3 is 2.67 bits per heavy atom. The number of Topliss-reactive ketones (excluding diaryl/α,β-unsaturated/α-hetero) is 1. The second-order valence-electron chi connectivity index (χ2n) is 2.88. The number of benzene rings is 1. The van der Waals surface area contributed by atoms with Crippen molar-refractivity contribution in [3.63, 3.8) is 0 Å². The zero-order chi connectivity index (χ0) is 11.6. The fourth-order valence-electron chi connectivity index (χ4n) is 1.27. The van der Waals surface area contributed by atoms with Gasteiger partial charge in [-0.15, -0.1) is 11.6 Å². The van der Waals surface area contributed by atoms with Gasteiger partial charge in [0.15, 0.2) is 5.78 Å². The number of carbonyl (C=O) groups excluding carboxylic acids is 1. The molecule has 0 N–H and O–H groups in total. The molecule has 0 spiro atoms. The van der Waals surface area contributed by atoms with Crippen molar-refractivity contribution >= 4 is 39.0 Å². The van der Waals surface area contributed by atoms with Gasteiger partial charge >= 0.3 is 0 Å². The highest BCUT2D eigenvalue weighted by atomic mass is 79.9. The highest BCUT2D eigenvalue weighted by Crippen LogP contribution is 2.28. The van der Waals surface area contributed by atoms with E-state index in [2.05, 4.69) is 15.9 Å². The fourth-order valence-corrected chi connectivity index (χ4v) is 2.06. The van der Waals surface area contributed by atoms with Crippen molar-refractivity contribution in [2.24, 2.45) is 0 Å². The Balaban J connectivity index is 3.43. The van der Waals surface area contributed by atoms with Crippen LogP contribution in [0, 0.1) is 17.0 Å². The van der Waals surface area contributed by atoms with Crippen molar-refractivity contribution in [3.8, 4) is 0 Å². The quantitative estimate of drug-likeness (QED) is 0.372. The molecule has 0 fully saturated rings. The Labute approximate surface area is 99.5 Å². The molecule has 0 saturated heterocycles. The van der Waals surface area contributed by atoms with Gasteiger partial charge < -0.3 is 0 Å². The van der Waals surface area contributed by atoms with E-state index in [4.69, 9.17) is 11.6 Å². The number of nitrogens with zero attached hydrogens (tertiary/aromatic N) is 1. The number of hydrogen-bond acceptors (Lipinski definition) is 3. The van der Waals surface area contributed by atoms with Gasteiger partial charge in [0.05, 0.1) is 10.8 Å². The van der Waals surface area contributed by atoms with Crippen LogP contribution in [-0.2, 0) is 0 Å². The third-order valence-corrected chi connectivity index (χ3v) is 2.89. The monoisotopic (exact) mass is 291 g/mol. The number of nitro groups is 1. The lowest BCUT2D eigenvalue weighted by atomic mass is 10.0. The first-order chi connectivity index (χ1) is 6.99. The van der Waals surface area contributed by atoms with E-state index in [-0.39, 0.29) is 22.9 Å². The van der Waals surface area contributed by atoms with Crippen LogP contribution < -0.4 is 0 Å². The maximum Gasteiger partial charge on any atom is 0.273 e. The number of hydrogen-bond donors (Lipinski definition) is 0. The molecule has 15 heavy (non-hydrogen) atoms. The summed E-state index contributed by atoms with van der Waals surface area (Å²) in [6.45, 7) is 1.53. The van der Waals surface area contributed by atoms with Gasteiger partial charge in [0.25, 0.3) is 5.69 Å². The first-order valence-electron chi connectivity index (χ1n) is 4.01. The minimum Gasteiger partial charge on any atom is -0.293 e. The molecule has 0 aliphatic heterocycles. The van der Waals surface area contributed by atoms with Crippen molar-refractivity contribution < 1.29 is 9.72 Å². The molecular weight excluding hydrogens is 285 g/mol. The molecule has 1 aromatic rings. The number of alkyl halides is 1. The van der Waals surface area contributed by atoms with Crippen molar-refractivity contribution in [1.29, 1.82) is 0 Å². The second-order valence-corrected chi connectivity index (χ2v) is 4.00. The molecule has 80 valence electrons. The second kappa shape index (κ2) is 4.72. The van der Waals surface area contributed by atoms with Crippen LogP contribution in [0.15, 0.2) is 16.6 Å². The van der Waals surface area contributed by atoms with E-state index in [1.807, 2.05) is 0 Å². The molecule has 0 unspecified atom stereocenters. The van der Waals surface area contributed by atoms with Crippen molar-refractivity contribution in [2.45, 2.75) is 6.92 Å². The summed E-state index contributed by atoms with van der Waals surface area (Å²) in [6, 6.07) is 2.83. The molecule has 0 aliphatic carbocycles. The number of rotatable bonds is 3. The zero-order valence-corrected chi connectivity index (χ0v) is 10.1. The highest BCUT2D eigenvalue weighted by molar-refractivity contribution is 9.10. The van der Waals surface area contributed by atoms with Gasteiger partial charge in [-0.05, 0) is 13.0 Å². The van der Waals surface area contributed by atoms with Crippen LogP contribution in [0.3, 0.4) is 0 Å². The molecule has 0 amide bonds. The molecule has 0 heterocycles. The molecule has 0 radical (unpaired) electrons. The first-order valence-corrected chi connectivity index (χ1v) is 5.34. The topological polar surface area (TPSA) is 60.2 Å². The molecule has 0 aliphatic rings. The van der Waals surface area contributed by atoms with E-state index in [0.717, 1.165) is 0 Å². The molecule has 6 heteroatoms. The van der Waals surface area contributed by atoms with Crippen LogP contribution in [0.2, 0.25) is 0 Å². The fraction of sp³-hybridized carbons (Fsp3) is 0.222. The van der Waals surface area contributed by atoms with Crippen LogP contribution in [0.1, 0.15) is 15.9 Å². The number of nitro benzene ring substituents is 1. The van der Waals surface area contributed by atoms with Crippen LogP contribution in [-0.4, -0.2) is 16.6 Å². The molecular formula is C9H7BrClNO3. The summed E-state index contributed by atoms with van der Waals surface area (Å²) in [4.78, 5) is 21.6. The van der Waals surface area contributed by atoms with Gasteiger partial charge in [0, 0.05) is 21.7 Å². The number of ketones is 1. The Bertz CT molecular complexity index is 434. The SMILES string of the molecule is Cc1c([N+](=O)[O-])ccc(Br)c1C(=O)CCl. The van der Waals surface area contributed by atoms with Gasteiger partial charge in [-0.3, -0.25) is 14.9 Å². The maximum absolute atomic E-state index is 11.4. The Morgan fingerprint density at radius 2 is 2.20 bits per heavy atom. The van der Waals surface area contributed by atoms with E-state index in [0.29, 0.717) is 10.0 Å². The lowest BCUT2D eigenvalue weighted by Crippen LogP contribution is -2.06. The highest BCUT2D eigenvalue weighted by Gasteiger charge is 2.20. The van der Waals surface area contributed by atoms with Gasteiger partial charge in [-0.2, -0.15) is 0 Å². The summed E-state index contributed by atoms with van der Waals surface area (Å²) in [5.74, 6) is -0.523. The lowest BCUT2D eigenvalue weighted by Gasteiger charge is -2.05. The minimum atomic E-state index is -0.521. The number of halogens is 2. The van der Waals surface area contributed by atoms with Crippen LogP contribution in [0.4, 0.5) is 5.69 Å². The van der Waals surface area contributed by atoms with Gasteiger partial charge in [-0.25, -0.2) is 0 Å². The normalized spacial score (nSPS) is 10.1. The van der Waals surface area contributed by atoms with Gasteiger partial charge in [0.1, 0.15) is 0 Å². The predicted molar refractivity (Wildman–Crippen MR) is 60.6 cm³/mol. The van der Waals surface area contributed by atoms with E-state index in [1.165, 1.54) is 19.1 Å². The van der Waals surface area contributed by atoms with Gasteiger partial charge in [0.2, 0.25) is 0 Å². The standard InChI is InChI=1S/C9H7BrClNO3/c1-5-7(12(14)15)3-2-6(10)9(5)8(13)4-11/h2-3H,4H2,1H3. The third-order valence-electron chi connectivity index (χ3n) is 1.98. The summed E-state index contributed by atoms with van der Waals surface area (Å²) in [6.07, 6.45) is 0. The number of carbonyl (C=O) groups is 1. The van der Waals surface area contributed by atoms with E-state index >= 15 is 0 Å². The summed E-state index contributed by atoms with van der Waals surface area (Å²) in [7, 11) is 0. The third kappa shape index (κ3) is 2.35. The Morgan fingerprint density at radius 1 is 1.60 bits per heavy atom. The average Bonchev–Trinajstić information content (AvgIpc) is 2.16. The molecule has 0 bridgehead atoms. The average molecular weight is 293 g/mol. The van der Waals surface area contributed by atoms with Crippen LogP contribution in [0.25, 0.3) is 0 Å². The summed E-state index contributed by atoms with van der Waals surface area (Å²) in [5, 5.41) is 10.6.